The first-order valence-electron chi connectivity index (χ1n) is 7.40. The summed E-state index contributed by atoms with van der Waals surface area (Å²) in [6, 6.07) is 15.6. The molecule has 1 amide bonds. The highest BCUT2D eigenvalue weighted by molar-refractivity contribution is 5.92. The number of carbonyl (C=O) groups is 1. The zero-order valence-electron chi connectivity index (χ0n) is 12.6. The number of aromatic nitrogens is 1. The molecule has 22 heavy (non-hydrogen) atoms. The maximum absolute atomic E-state index is 12.2. The molecule has 2 rings (SSSR count). The van der Waals surface area contributed by atoms with Crippen molar-refractivity contribution in [3.8, 4) is 6.07 Å². The van der Waals surface area contributed by atoms with Crippen LogP contribution in [0.2, 0.25) is 0 Å². The number of hydrogen-bond donors (Lipinski definition) is 1. The van der Waals surface area contributed by atoms with Gasteiger partial charge in [0.2, 0.25) is 5.91 Å². The average Bonchev–Trinajstić information content (AvgIpc) is 2.56. The number of anilines is 1. The number of nitrogens with zero attached hydrogens (tertiary/aromatic N) is 2. The molecule has 0 radical (unpaired) electrons. The molecule has 112 valence electrons. The van der Waals surface area contributed by atoms with Gasteiger partial charge in [-0.2, -0.15) is 5.26 Å². The average molecular weight is 293 g/mol. The summed E-state index contributed by atoms with van der Waals surface area (Å²) in [6.45, 7) is 1.90. The number of carbonyl (C=O) groups excluding carboxylic acids is 1. The van der Waals surface area contributed by atoms with Crippen molar-refractivity contribution in [2.45, 2.75) is 26.2 Å². The topological polar surface area (TPSA) is 65.8 Å². The van der Waals surface area contributed by atoms with E-state index in [1.165, 1.54) is 5.56 Å². The smallest absolute Gasteiger partial charge is 0.228 e. The highest BCUT2D eigenvalue weighted by Crippen LogP contribution is 2.15. The summed E-state index contributed by atoms with van der Waals surface area (Å²) in [5.41, 5.74) is 1.67. The summed E-state index contributed by atoms with van der Waals surface area (Å²) in [5, 5.41) is 11.7. The lowest BCUT2D eigenvalue weighted by Crippen LogP contribution is -2.21. The molecule has 0 aliphatic rings. The number of rotatable bonds is 6. The Balaban J connectivity index is 1.83. The Morgan fingerprint density at radius 3 is 2.77 bits per heavy atom. The first-order chi connectivity index (χ1) is 10.7. The van der Waals surface area contributed by atoms with Crippen LogP contribution in [-0.2, 0) is 11.2 Å². The van der Waals surface area contributed by atoms with Crippen molar-refractivity contribution in [1.82, 2.24) is 4.98 Å². The summed E-state index contributed by atoms with van der Waals surface area (Å²) in [6.07, 6.45) is 4.28. The highest BCUT2D eigenvalue weighted by atomic mass is 16.1. The Labute approximate surface area is 130 Å². The molecule has 0 bridgehead atoms. The van der Waals surface area contributed by atoms with Crippen LogP contribution in [-0.4, -0.2) is 10.9 Å². The molecule has 1 atom stereocenters. The van der Waals surface area contributed by atoms with Crippen LogP contribution in [0.5, 0.6) is 0 Å². The second-order valence-electron chi connectivity index (χ2n) is 5.28. The van der Waals surface area contributed by atoms with Crippen LogP contribution >= 0.6 is 0 Å². The summed E-state index contributed by atoms with van der Waals surface area (Å²) >= 11 is 0. The lowest BCUT2D eigenvalue weighted by atomic mass is 10.0. The third-order valence-electron chi connectivity index (χ3n) is 3.56. The van der Waals surface area contributed by atoms with Gasteiger partial charge in [-0.05, 0) is 37.0 Å². The fourth-order valence-corrected chi connectivity index (χ4v) is 2.22. The molecule has 1 unspecified atom stereocenters. The molecule has 2 aromatic rings. The molecule has 0 aliphatic heterocycles. The van der Waals surface area contributed by atoms with E-state index >= 15 is 0 Å². The van der Waals surface area contributed by atoms with Crippen LogP contribution in [0.3, 0.4) is 0 Å². The van der Waals surface area contributed by atoms with Crippen molar-refractivity contribution in [3.05, 3.63) is 59.8 Å². The van der Waals surface area contributed by atoms with Crippen molar-refractivity contribution < 1.29 is 4.79 Å². The number of aryl methyl sites for hydroxylation is 1. The number of nitrogens with one attached hydrogen (secondary N) is 1. The van der Waals surface area contributed by atoms with Gasteiger partial charge in [0, 0.05) is 12.1 Å². The van der Waals surface area contributed by atoms with Gasteiger partial charge < -0.3 is 5.32 Å². The fourth-order valence-electron chi connectivity index (χ4n) is 2.22. The van der Waals surface area contributed by atoms with Gasteiger partial charge in [0.1, 0.15) is 11.9 Å². The van der Waals surface area contributed by atoms with E-state index in [2.05, 4.69) is 22.4 Å². The first-order valence-corrected chi connectivity index (χ1v) is 7.40. The van der Waals surface area contributed by atoms with Crippen molar-refractivity contribution in [3.63, 3.8) is 0 Å². The van der Waals surface area contributed by atoms with Crippen molar-refractivity contribution in [2.24, 2.45) is 5.92 Å². The van der Waals surface area contributed by atoms with E-state index in [9.17, 15) is 4.79 Å². The minimum absolute atomic E-state index is 0.0942. The zero-order valence-corrected chi connectivity index (χ0v) is 12.6. The SMILES string of the molecule is CC(CCCc1ccccc1)C(=O)Nc1ncccc1C#N. The Bertz CT molecular complexity index is 662. The zero-order chi connectivity index (χ0) is 15.8. The molecule has 0 aliphatic carbocycles. The van der Waals surface area contributed by atoms with Crippen molar-refractivity contribution in [2.75, 3.05) is 5.32 Å². The van der Waals surface area contributed by atoms with E-state index in [0.717, 1.165) is 19.3 Å². The second-order valence-corrected chi connectivity index (χ2v) is 5.28. The molecule has 1 aromatic carbocycles. The Hall–Kier alpha value is -2.67. The molecule has 4 nitrogen and oxygen atoms in total. The van der Waals surface area contributed by atoms with Gasteiger partial charge in [0.15, 0.2) is 0 Å². The maximum atomic E-state index is 12.2. The van der Waals surface area contributed by atoms with Crippen molar-refractivity contribution in [1.29, 1.82) is 5.26 Å². The Morgan fingerprint density at radius 1 is 1.27 bits per heavy atom. The van der Waals surface area contributed by atoms with Gasteiger partial charge in [-0.1, -0.05) is 37.3 Å². The van der Waals surface area contributed by atoms with Crippen LogP contribution in [0.25, 0.3) is 0 Å². The van der Waals surface area contributed by atoms with Gasteiger partial charge in [0.25, 0.3) is 0 Å². The van der Waals surface area contributed by atoms with Crippen LogP contribution in [0.15, 0.2) is 48.7 Å². The molecule has 0 fully saturated rings. The Morgan fingerprint density at radius 2 is 2.05 bits per heavy atom. The summed E-state index contributed by atoms with van der Waals surface area (Å²) in [5.74, 6) is 0.130. The maximum Gasteiger partial charge on any atom is 0.228 e. The molecular formula is C18H19N3O. The molecular weight excluding hydrogens is 274 g/mol. The van der Waals surface area contributed by atoms with Gasteiger partial charge in [-0.3, -0.25) is 4.79 Å². The first kappa shape index (κ1) is 15.7. The monoisotopic (exact) mass is 293 g/mol. The quantitative estimate of drug-likeness (QED) is 0.885. The second kappa shape index (κ2) is 7.94. The lowest BCUT2D eigenvalue weighted by molar-refractivity contribution is -0.119. The highest BCUT2D eigenvalue weighted by Gasteiger charge is 2.15. The molecule has 0 spiro atoms. The number of nitriles is 1. The van der Waals surface area contributed by atoms with Gasteiger partial charge in [-0.25, -0.2) is 4.98 Å². The summed E-state index contributed by atoms with van der Waals surface area (Å²) < 4.78 is 0. The number of amides is 1. The third kappa shape index (κ3) is 4.42. The minimum Gasteiger partial charge on any atom is -0.309 e. The van der Waals surface area contributed by atoms with Crippen molar-refractivity contribution >= 4 is 11.7 Å². The van der Waals surface area contributed by atoms with Gasteiger partial charge in [-0.15, -0.1) is 0 Å². The Kier molecular flexibility index (Phi) is 5.67. The molecule has 1 aromatic heterocycles. The third-order valence-corrected chi connectivity index (χ3v) is 3.56. The van der Waals surface area contributed by atoms with Crippen LogP contribution in [0.1, 0.15) is 30.9 Å². The molecule has 1 N–H and O–H groups in total. The fraction of sp³-hybridized carbons (Fsp3) is 0.278. The van der Waals surface area contributed by atoms with Crippen LogP contribution in [0.4, 0.5) is 5.82 Å². The molecule has 1 heterocycles. The number of hydrogen-bond acceptors (Lipinski definition) is 3. The molecule has 0 saturated carbocycles. The van der Waals surface area contributed by atoms with E-state index in [1.807, 2.05) is 31.2 Å². The number of benzene rings is 1. The molecule has 4 heteroatoms. The minimum atomic E-state index is -0.114. The summed E-state index contributed by atoms with van der Waals surface area (Å²) in [7, 11) is 0. The lowest BCUT2D eigenvalue weighted by Gasteiger charge is -2.12. The van der Waals surface area contributed by atoms with Gasteiger partial charge >= 0.3 is 0 Å². The van der Waals surface area contributed by atoms with E-state index in [-0.39, 0.29) is 11.8 Å². The predicted molar refractivity (Wildman–Crippen MR) is 86.1 cm³/mol. The van der Waals surface area contributed by atoms with E-state index < -0.39 is 0 Å². The van der Waals surface area contributed by atoms with E-state index in [1.54, 1.807) is 18.3 Å². The van der Waals surface area contributed by atoms with Crippen LogP contribution in [0, 0.1) is 17.2 Å². The molecule has 0 saturated heterocycles. The normalized spacial score (nSPS) is 11.5. The number of pyridine rings is 1. The van der Waals surface area contributed by atoms with Gasteiger partial charge in [0.05, 0.1) is 5.56 Å². The standard InChI is InChI=1S/C18H19N3O/c1-14(7-5-10-15-8-3-2-4-9-15)18(22)21-17-16(13-19)11-6-12-20-17/h2-4,6,8-9,11-12,14H,5,7,10H2,1H3,(H,20,21,22). The largest absolute Gasteiger partial charge is 0.309 e. The summed E-state index contributed by atoms with van der Waals surface area (Å²) in [4.78, 5) is 16.2. The van der Waals surface area contributed by atoms with E-state index in [4.69, 9.17) is 5.26 Å². The van der Waals surface area contributed by atoms with E-state index in [0.29, 0.717) is 11.4 Å². The van der Waals surface area contributed by atoms with Crippen LogP contribution < -0.4 is 5.32 Å². The predicted octanol–water partition coefficient (Wildman–Crippen LogP) is 3.55.